The lowest BCUT2D eigenvalue weighted by Crippen LogP contribution is -2.54. The first-order valence-electron chi connectivity index (χ1n) is 6.25. The number of ether oxygens (including phenoxy) is 1. The van der Waals surface area contributed by atoms with Crippen LogP contribution in [-0.4, -0.2) is 54.5 Å². The maximum Gasteiger partial charge on any atom is 0.185 e. The van der Waals surface area contributed by atoms with Gasteiger partial charge in [-0.05, 0) is 25.2 Å². The Balaban J connectivity index is 2.43. The fraction of sp³-hybridized carbons (Fsp3) is 1.00. The SMILES string of the molecule is CO[Si](C)(C)CC[Si](C)(C)N1CCOCC1. The first-order valence-corrected chi connectivity index (χ1v) is 12.5. The molecule has 1 saturated heterocycles. The van der Waals surface area contributed by atoms with Crippen LogP contribution in [0.4, 0.5) is 0 Å². The van der Waals surface area contributed by atoms with Crippen LogP contribution in [0.2, 0.25) is 38.3 Å². The van der Waals surface area contributed by atoms with E-state index in [4.69, 9.17) is 9.16 Å². The average Bonchev–Trinajstić information content (AvgIpc) is 2.28. The van der Waals surface area contributed by atoms with Crippen molar-refractivity contribution in [3.8, 4) is 0 Å². The molecule has 0 amide bonds. The fourth-order valence-corrected chi connectivity index (χ4v) is 8.80. The molecule has 1 aliphatic heterocycles. The van der Waals surface area contributed by atoms with Crippen LogP contribution < -0.4 is 0 Å². The highest BCUT2D eigenvalue weighted by molar-refractivity contribution is 6.78. The van der Waals surface area contributed by atoms with Crippen LogP contribution in [0.25, 0.3) is 0 Å². The Morgan fingerprint density at radius 2 is 1.62 bits per heavy atom. The highest BCUT2D eigenvalue weighted by Crippen LogP contribution is 2.24. The van der Waals surface area contributed by atoms with Crippen molar-refractivity contribution in [2.45, 2.75) is 38.3 Å². The minimum atomic E-state index is -1.37. The summed E-state index contributed by atoms with van der Waals surface area (Å²) < 4.78 is 13.8. The van der Waals surface area contributed by atoms with Crippen molar-refractivity contribution in [3.05, 3.63) is 0 Å². The van der Waals surface area contributed by atoms with Crippen molar-refractivity contribution in [2.75, 3.05) is 33.4 Å². The van der Waals surface area contributed by atoms with Crippen LogP contribution in [0.3, 0.4) is 0 Å². The van der Waals surface area contributed by atoms with Gasteiger partial charge in [-0.3, -0.25) is 0 Å². The molecule has 0 radical (unpaired) electrons. The van der Waals surface area contributed by atoms with Gasteiger partial charge in [0.25, 0.3) is 0 Å². The molecule has 0 atom stereocenters. The second-order valence-electron chi connectivity index (χ2n) is 5.88. The molecule has 1 rings (SSSR count). The lowest BCUT2D eigenvalue weighted by atomic mass is 10.5. The monoisotopic (exact) mass is 261 g/mol. The second-order valence-corrected chi connectivity index (χ2v) is 15.1. The van der Waals surface area contributed by atoms with E-state index in [-0.39, 0.29) is 0 Å². The molecule has 0 aromatic rings. The maximum atomic E-state index is 5.64. The van der Waals surface area contributed by atoms with E-state index < -0.39 is 16.6 Å². The van der Waals surface area contributed by atoms with Gasteiger partial charge in [0.1, 0.15) is 8.24 Å². The summed E-state index contributed by atoms with van der Waals surface area (Å²) in [6, 6.07) is 2.65. The van der Waals surface area contributed by atoms with Crippen LogP contribution >= 0.6 is 0 Å². The van der Waals surface area contributed by atoms with Gasteiger partial charge in [-0.2, -0.15) is 0 Å². The summed E-state index contributed by atoms with van der Waals surface area (Å²) in [5.74, 6) is 0. The quantitative estimate of drug-likeness (QED) is 0.709. The Hall–Kier alpha value is 0.314. The van der Waals surface area contributed by atoms with E-state index >= 15 is 0 Å². The third kappa shape index (κ3) is 4.29. The van der Waals surface area contributed by atoms with Gasteiger partial charge in [-0.15, -0.1) is 0 Å². The number of hydrogen-bond donors (Lipinski definition) is 0. The Morgan fingerprint density at radius 1 is 1.06 bits per heavy atom. The molecule has 16 heavy (non-hydrogen) atoms. The molecule has 0 aromatic heterocycles. The first-order chi connectivity index (χ1) is 7.37. The predicted octanol–water partition coefficient (Wildman–Crippen LogP) is 2.38. The van der Waals surface area contributed by atoms with E-state index in [1.807, 2.05) is 7.11 Å². The Kier molecular flexibility index (Phi) is 5.19. The summed E-state index contributed by atoms with van der Waals surface area (Å²) in [4.78, 5) is 0. The van der Waals surface area contributed by atoms with E-state index in [0.717, 1.165) is 26.3 Å². The van der Waals surface area contributed by atoms with Crippen molar-refractivity contribution in [3.63, 3.8) is 0 Å². The van der Waals surface area contributed by atoms with E-state index in [1.165, 1.54) is 12.1 Å². The summed E-state index contributed by atoms with van der Waals surface area (Å²) in [5.41, 5.74) is 0. The van der Waals surface area contributed by atoms with Gasteiger partial charge in [0.05, 0.1) is 13.2 Å². The van der Waals surface area contributed by atoms with Crippen LogP contribution in [0.5, 0.6) is 0 Å². The zero-order valence-corrected chi connectivity index (χ0v) is 13.5. The largest absolute Gasteiger partial charge is 0.420 e. The molecule has 3 nitrogen and oxygen atoms in total. The zero-order chi connectivity index (χ0) is 12.2. The molecule has 0 saturated carbocycles. The fourth-order valence-electron chi connectivity index (χ4n) is 2.04. The lowest BCUT2D eigenvalue weighted by molar-refractivity contribution is 0.0689. The highest BCUT2D eigenvalue weighted by atomic mass is 28.4. The first kappa shape index (κ1) is 14.4. The van der Waals surface area contributed by atoms with Crippen LogP contribution in [-0.2, 0) is 9.16 Å². The number of hydrogen-bond acceptors (Lipinski definition) is 3. The minimum absolute atomic E-state index is 0.918. The summed E-state index contributed by atoms with van der Waals surface area (Å²) in [5, 5.41) is 0. The van der Waals surface area contributed by atoms with E-state index in [9.17, 15) is 0 Å². The summed E-state index contributed by atoms with van der Waals surface area (Å²) in [7, 11) is -0.724. The number of rotatable bonds is 5. The van der Waals surface area contributed by atoms with Crippen molar-refractivity contribution >= 4 is 16.6 Å². The van der Waals surface area contributed by atoms with Gasteiger partial charge in [0.2, 0.25) is 0 Å². The van der Waals surface area contributed by atoms with Gasteiger partial charge >= 0.3 is 0 Å². The Morgan fingerprint density at radius 3 is 2.12 bits per heavy atom. The predicted molar refractivity (Wildman–Crippen MR) is 74.0 cm³/mol. The van der Waals surface area contributed by atoms with Crippen LogP contribution in [0, 0.1) is 0 Å². The van der Waals surface area contributed by atoms with Crippen molar-refractivity contribution in [2.24, 2.45) is 0 Å². The molecule has 1 aliphatic rings. The summed E-state index contributed by atoms with van der Waals surface area (Å²) >= 11 is 0. The van der Waals surface area contributed by atoms with Gasteiger partial charge in [0.15, 0.2) is 8.32 Å². The van der Waals surface area contributed by atoms with Crippen molar-refractivity contribution in [1.29, 1.82) is 0 Å². The van der Waals surface area contributed by atoms with Gasteiger partial charge < -0.3 is 13.7 Å². The topological polar surface area (TPSA) is 21.7 Å². The number of morpholine rings is 1. The van der Waals surface area contributed by atoms with E-state index in [0.29, 0.717) is 0 Å². The molecule has 96 valence electrons. The normalized spacial score (nSPS) is 20.1. The van der Waals surface area contributed by atoms with Gasteiger partial charge in [-0.25, -0.2) is 0 Å². The summed E-state index contributed by atoms with van der Waals surface area (Å²) in [6.07, 6.45) is 0. The van der Waals surface area contributed by atoms with E-state index in [2.05, 4.69) is 30.8 Å². The molecular formula is C11H27NO2Si2. The molecule has 0 N–H and O–H groups in total. The molecule has 0 unspecified atom stereocenters. The highest BCUT2D eigenvalue weighted by Gasteiger charge is 2.33. The maximum absolute atomic E-state index is 5.64. The molecule has 0 spiro atoms. The second kappa shape index (κ2) is 5.77. The Labute approximate surface area is 102 Å². The van der Waals surface area contributed by atoms with Crippen molar-refractivity contribution in [1.82, 2.24) is 4.57 Å². The molecule has 5 heteroatoms. The van der Waals surface area contributed by atoms with Crippen LogP contribution in [0.15, 0.2) is 0 Å². The molecule has 1 heterocycles. The third-order valence-electron chi connectivity index (χ3n) is 3.76. The molecule has 0 aliphatic carbocycles. The van der Waals surface area contributed by atoms with Gasteiger partial charge in [0, 0.05) is 20.2 Å². The third-order valence-corrected chi connectivity index (χ3v) is 10.5. The Bertz CT molecular complexity index is 216. The zero-order valence-electron chi connectivity index (χ0n) is 11.5. The lowest BCUT2D eigenvalue weighted by Gasteiger charge is -2.40. The molecule has 1 fully saturated rings. The van der Waals surface area contributed by atoms with Crippen LogP contribution in [0.1, 0.15) is 0 Å². The molecule has 0 bridgehead atoms. The standard InChI is InChI=1S/C11H27NO2Si2/c1-13-16(4,5)11-10-15(2,3)12-6-8-14-9-7-12/h6-11H2,1-5H3. The molecule has 0 aromatic carbocycles. The van der Waals surface area contributed by atoms with E-state index in [1.54, 1.807) is 0 Å². The van der Waals surface area contributed by atoms with Gasteiger partial charge in [-0.1, -0.05) is 13.1 Å². The molecular weight excluding hydrogens is 234 g/mol. The smallest absolute Gasteiger partial charge is 0.185 e. The summed E-state index contributed by atoms with van der Waals surface area (Å²) in [6.45, 7) is 13.7. The van der Waals surface area contributed by atoms with Crippen molar-refractivity contribution < 1.29 is 9.16 Å². The minimum Gasteiger partial charge on any atom is -0.420 e. The number of nitrogens with zero attached hydrogens (tertiary/aromatic N) is 1. The average molecular weight is 262 g/mol.